The summed E-state index contributed by atoms with van der Waals surface area (Å²) in [6.45, 7) is 2.13. The molecule has 0 saturated carbocycles. The first kappa shape index (κ1) is 21.2. The van der Waals surface area contributed by atoms with E-state index in [0.717, 1.165) is 4.47 Å². The number of anilines is 1. The van der Waals surface area contributed by atoms with Gasteiger partial charge in [0, 0.05) is 28.9 Å². The normalized spacial score (nSPS) is 12.3. The molecule has 0 aliphatic heterocycles. The molecular weight excluding hydrogens is 436 g/mol. The number of rotatable bonds is 8. The average molecular weight is 457 g/mol. The van der Waals surface area contributed by atoms with Gasteiger partial charge in [0.25, 0.3) is 15.9 Å². The first-order chi connectivity index (χ1) is 12.8. The lowest BCUT2D eigenvalue weighted by atomic mass is 10.2. The lowest BCUT2D eigenvalue weighted by Crippen LogP contribution is -2.35. The molecule has 2 N–H and O–H groups in total. The SMILES string of the molecule is COCC(C)NC(=O)c1ccc(OC)c(S(=O)(=O)Nc2ccc(Br)cc2)c1. The standard InChI is InChI=1S/C18H21BrN2O5S/c1-12(11-25-2)20-18(22)13-4-9-16(26-3)17(10-13)27(23,24)21-15-7-5-14(19)6-8-15/h4-10,12,21H,11H2,1-3H3,(H,20,22). The molecule has 0 fully saturated rings. The second kappa shape index (κ2) is 9.20. The van der Waals surface area contributed by atoms with Gasteiger partial charge in [-0.25, -0.2) is 8.42 Å². The summed E-state index contributed by atoms with van der Waals surface area (Å²) in [5, 5.41) is 2.74. The van der Waals surface area contributed by atoms with E-state index in [4.69, 9.17) is 9.47 Å². The van der Waals surface area contributed by atoms with Gasteiger partial charge in [-0.3, -0.25) is 9.52 Å². The molecule has 7 nitrogen and oxygen atoms in total. The van der Waals surface area contributed by atoms with Crippen molar-refractivity contribution in [3.63, 3.8) is 0 Å². The summed E-state index contributed by atoms with van der Waals surface area (Å²) >= 11 is 3.30. The predicted molar refractivity (Wildman–Crippen MR) is 107 cm³/mol. The number of hydrogen-bond acceptors (Lipinski definition) is 5. The molecule has 2 rings (SSSR count). The Morgan fingerprint density at radius 1 is 1.15 bits per heavy atom. The molecule has 0 aliphatic rings. The van der Waals surface area contributed by atoms with Crippen LogP contribution in [-0.4, -0.2) is 41.2 Å². The van der Waals surface area contributed by atoms with E-state index < -0.39 is 15.9 Å². The molecule has 27 heavy (non-hydrogen) atoms. The number of benzene rings is 2. The van der Waals surface area contributed by atoms with Crippen LogP contribution in [0.5, 0.6) is 5.75 Å². The van der Waals surface area contributed by atoms with Crippen LogP contribution >= 0.6 is 15.9 Å². The molecule has 1 unspecified atom stereocenters. The molecule has 1 amide bonds. The Morgan fingerprint density at radius 3 is 2.41 bits per heavy atom. The second-order valence-electron chi connectivity index (χ2n) is 5.81. The van der Waals surface area contributed by atoms with E-state index in [2.05, 4.69) is 26.0 Å². The van der Waals surface area contributed by atoms with Crippen molar-refractivity contribution in [1.82, 2.24) is 5.32 Å². The predicted octanol–water partition coefficient (Wildman–Crippen LogP) is 3.02. The minimum absolute atomic E-state index is 0.125. The largest absolute Gasteiger partial charge is 0.495 e. The highest BCUT2D eigenvalue weighted by Gasteiger charge is 2.22. The van der Waals surface area contributed by atoms with Gasteiger partial charge < -0.3 is 14.8 Å². The smallest absolute Gasteiger partial charge is 0.265 e. The Kier molecular flexibility index (Phi) is 7.23. The van der Waals surface area contributed by atoms with Crippen molar-refractivity contribution in [2.24, 2.45) is 0 Å². The summed E-state index contributed by atoms with van der Waals surface area (Å²) in [7, 11) is -1.05. The molecule has 2 aromatic carbocycles. The number of carbonyl (C=O) groups is 1. The Bertz CT molecular complexity index is 900. The molecular formula is C18H21BrN2O5S. The van der Waals surface area contributed by atoms with Crippen LogP contribution in [0.15, 0.2) is 51.8 Å². The van der Waals surface area contributed by atoms with Crippen molar-refractivity contribution in [3.8, 4) is 5.75 Å². The van der Waals surface area contributed by atoms with E-state index in [1.165, 1.54) is 32.4 Å². The minimum Gasteiger partial charge on any atom is -0.495 e. The third kappa shape index (κ3) is 5.69. The fraction of sp³-hybridized carbons (Fsp3) is 0.278. The van der Waals surface area contributed by atoms with E-state index in [-0.39, 0.29) is 22.3 Å². The first-order valence-electron chi connectivity index (χ1n) is 8.03. The van der Waals surface area contributed by atoms with Gasteiger partial charge in [0.05, 0.1) is 13.7 Å². The number of halogens is 1. The van der Waals surface area contributed by atoms with Gasteiger partial charge in [0.2, 0.25) is 0 Å². The number of ether oxygens (including phenoxy) is 2. The Hall–Kier alpha value is -2.10. The molecule has 146 valence electrons. The summed E-state index contributed by atoms with van der Waals surface area (Å²) < 4.78 is 39.1. The molecule has 1 atom stereocenters. The topological polar surface area (TPSA) is 93.7 Å². The van der Waals surface area contributed by atoms with Gasteiger partial charge in [-0.1, -0.05) is 15.9 Å². The zero-order valence-corrected chi connectivity index (χ0v) is 17.6. The van der Waals surface area contributed by atoms with E-state index in [1.54, 1.807) is 31.2 Å². The quantitative estimate of drug-likeness (QED) is 0.636. The number of hydrogen-bond donors (Lipinski definition) is 2. The van der Waals surface area contributed by atoms with Crippen LogP contribution in [0.2, 0.25) is 0 Å². The Morgan fingerprint density at radius 2 is 1.81 bits per heavy atom. The molecule has 0 radical (unpaired) electrons. The maximum atomic E-state index is 12.8. The van der Waals surface area contributed by atoms with Crippen molar-refractivity contribution >= 4 is 37.5 Å². The maximum Gasteiger partial charge on any atom is 0.265 e. The maximum absolute atomic E-state index is 12.8. The molecule has 0 aliphatic carbocycles. The lowest BCUT2D eigenvalue weighted by molar-refractivity contribution is 0.0905. The number of sulfonamides is 1. The fourth-order valence-corrected chi connectivity index (χ4v) is 3.87. The van der Waals surface area contributed by atoms with E-state index in [0.29, 0.717) is 12.3 Å². The van der Waals surface area contributed by atoms with Crippen LogP contribution in [0.1, 0.15) is 17.3 Å². The van der Waals surface area contributed by atoms with Crippen LogP contribution in [0, 0.1) is 0 Å². The van der Waals surface area contributed by atoms with Crippen molar-refractivity contribution in [1.29, 1.82) is 0 Å². The van der Waals surface area contributed by atoms with Crippen molar-refractivity contribution < 1.29 is 22.7 Å². The van der Waals surface area contributed by atoms with Gasteiger partial charge in [-0.05, 0) is 49.4 Å². The van der Waals surface area contributed by atoms with Gasteiger partial charge >= 0.3 is 0 Å². The molecule has 0 bridgehead atoms. The van der Waals surface area contributed by atoms with Crippen LogP contribution in [0.4, 0.5) is 5.69 Å². The van der Waals surface area contributed by atoms with E-state index >= 15 is 0 Å². The second-order valence-corrected chi connectivity index (χ2v) is 8.37. The van der Waals surface area contributed by atoms with Crippen molar-refractivity contribution in [2.45, 2.75) is 17.9 Å². The van der Waals surface area contributed by atoms with Gasteiger partial charge in [0.15, 0.2) is 0 Å². The monoisotopic (exact) mass is 456 g/mol. The number of nitrogens with one attached hydrogen (secondary N) is 2. The first-order valence-corrected chi connectivity index (χ1v) is 10.3. The van der Waals surface area contributed by atoms with E-state index in [1.807, 2.05) is 0 Å². The summed E-state index contributed by atoms with van der Waals surface area (Å²) in [5.74, 6) is -0.261. The highest BCUT2D eigenvalue weighted by molar-refractivity contribution is 9.10. The number of carbonyl (C=O) groups excluding carboxylic acids is 1. The Labute approximate surface area is 167 Å². The highest BCUT2D eigenvalue weighted by Crippen LogP contribution is 2.27. The molecule has 9 heteroatoms. The summed E-state index contributed by atoms with van der Waals surface area (Å²) in [6, 6.07) is 10.7. The molecule has 0 aromatic heterocycles. The summed E-state index contributed by atoms with van der Waals surface area (Å²) in [5.41, 5.74) is 0.596. The fourth-order valence-electron chi connectivity index (χ4n) is 2.35. The number of amides is 1. The lowest BCUT2D eigenvalue weighted by Gasteiger charge is -2.15. The molecule has 0 saturated heterocycles. The molecule has 0 heterocycles. The van der Waals surface area contributed by atoms with Crippen LogP contribution in [0.3, 0.4) is 0 Å². The van der Waals surface area contributed by atoms with Crippen molar-refractivity contribution in [3.05, 3.63) is 52.5 Å². The van der Waals surface area contributed by atoms with Crippen LogP contribution in [-0.2, 0) is 14.8 Å². The summed E-state index contributed by atoms with van der Waals surface area (Å²) in [4.78, 5) is 12.3. The minimum atomic E-state index is -3.96. The zero-order chi connectivity index (χ0) is 20.0. The van der Waals surface area contributed by atoms with Gasteiger partial charge in [-0.15, -0.1) is 0 Å². The third-order valence-electron chi connectivity index (χ3n) is 3.61. The zero-order valence-electron chi connectivity index (χ0n) is 15.2. The highest BCUT2D eigenvalue weighted by atomic mass is 79.9. The van der Waals surface area contributed by atoms with Gasteiger partial charge in [0.1, 0.15) is 10.6 Å². The van der Waals surface area contributed by atoms with Crippen molar-refractivity contribution in [2.75, 3.05) is 25.5 Å². The molecule has 0 spiro atoms. The van der Waals surface area contributed by atoms with Crippen LogP contribution < -0.4 is 14.8 Å². The van der Waals surface area contributed by atoms with E-state index in [9.17, 15) is 13.2 Å². The van der Waals surface area contributed by atoms with Gasteiger partial charge in [-0.2, -0.15) is 0 Å². The third-order valence-corrected chi connectivity index (χ3v) is 5.54. The Balaban J connectivity index is 2.33. The van der Waals surface area contributed by atoms with Crippen LogP contribution in [0.25, 0.3) is 0 Å². The molecule has 2 aromatic rings. The number of methoxy groups -OCH3 is 2. The average Bonchev–Trinajstić information content (AvgIpc) is 2.63. The summed E-state index contributed by atoms with van der Waals surface area (Å²) in [6.07, 6.45) is 0.